The van der Waals surface area contributed by atoms with Crippen molar-refractivity contribution in [2.45, 2.75) is 58.4 Å². The Labute approximate surface area is 198 Å². The number of halogens is 1. The Morgan fingerprint density at radius 1 is 1.12 bits per heavy atom. The molecule has 1 amide bonds. The summed E-state index contributed by atoms with van der Waals surface area (Å²) in [4.78, 5) is 37.8. The number of ether oxygens (including phenoxy) is 2. The van der Waals surface area contributed by atoms with Crippen molar-refractivity contribution >= 4 is 29.3 Å². The zero-order valence-electron chi connectivity index (χ0n) is 19.4. The van der Waals surface area contributed by atoms with E-state index in [1.165, 1.54) is 6.92 Å². The van der Waals surface area contributed by atoms with Crippen LogP contribution in [-0.2, 0) is 9.53 Å². The number of amides is 1. The molecule has 0 radical (unpaired) electrons. The summed E-state index contributed by atoms with van der Waals surface area (Å²) in [7, 11) is 0. The molecule has 3 rings (SSSR count). The monoisotopic (exact) mass is 472 g/mol. The molecule has 0 saturated heterocycles. The molecule has 2 aromatic carbocycles. The average molecular weight is 473 g/mol. The lowest BCUT2D eigenvalue weighted by Crippen LogP contribution is -2.56. The van der Waals surface area contributed by atoms with Crippen molar-refractivity contribution in [1.29, 1.82) is 0 Å². The minimum absolute atomic E-state index is 0.0134. The number of benzene rings is 2. The van der Waals surface area contributed by atoms with Gasteiger partial charge in [-0.3, -0.25) is 14.4 Å². The van der Waals surface area contributed by atoms with Crippen LogP contribution in [0.2, 0.25) is 5.02 Å². The van der Waals surface area contributed by atoms with Crippen molar-refractivity contribution < 1.29 is 23.9 Å². The fraction of sp³-hybridized carbons (Fsp3) is 0.400. The smallest absolute Gasteiger partial charge is 0.320 e. The molecule has 8 heteroatoms. The van der Waals surface area contributed by atoms with E-state index in [2.05, 4.69) is 10.6 Å². The Bertz CT molecular complexity index is 1070. The molecule has 0 aromatic heterocycles. The van der Waals surface area contributed by atoms with Crippen LogP contribution in [0.15, 0.2) is 42.5 Å². The van der Waals surface area contributed by atoms with Crippen LogP contribution in [0.5, 0.6) is 5.75 Å². The second-order valence-electron chi connectivity index (χ2n) is 8.92. The SMILES string of the molecule is CC(=O)c1ccc2c(c1)[C@@H](NC(=O)c1cccc(Cl)c1)[C@@H](OC(=O)CNC(C)C)C(C)(C)O2. The standard InChI is InChI=1S/C25H29ClN2O5/c1-14(2)27-13-21(30)32-23-22(28-24(31)17-7-6-8-18(26)11-17)19-12-16(15(3)29)9-10-20(19)33-25(23,4)5/h6-12,14,22-23,27H,13H2,1-5H3,(H,28,31)/t22-,23-/m1/s1. The highest BCUT2D eigenvalue weighted by molar-refractivity contribution is 6.30. The number of nitrogens with one attached hydrogen (secondary N) is 2. The summed E-state index contributed by atoms with van der Waals surface area (Å²) in [6, 6.07) is 11.0. The normalized spacial score (nSPS) is 18.8. The molecule has 1 aliphatic rings. The molecule has 1 aliphatic heterocycles. The van der Waals surface area contributed by atoms with Crippen LogP contribution < -0.4 is 15.4 Å². The summed E-state index contributed by atoms with van der Waals surface area (Å²) in [5, 5.41) is 6.43. The van der Waals surface area contributed by atoms with Crippen molar-refractivity contribution in [2.24, 2.45) is 0 Å². The number of carbonyl (C=O) groups is 3. The Morgan fingerprint density at radius 2 is 1.85 bits per heavy atom. The van der Waals surface area contributed by atoms with Gasteiger partial charge in [0.2, 0.25) is 0 Å². The van der Waals surface area contributed by atoms with E-state index in [9.17, 15) is 14.4 Å². The maximum atomic E-state index is 13.1. The van der Waals surface area contributed by atoms with Crippen LogP contribution >= 0.6 is 11.6 Å². The van der Waals surface area contributed by atoms with E-state index in [4.69, 9.17) is 21.1 Å². The van der Waals surface area contributed by atoms with Crippen LogP contribution in [0.4, 0.5) is 0 Å². The molecule has 0 aliphatic carbocycles. The Kier molecular flexibility index (Phi) is 7.44. The molecule has 2 N–H and O–H groups in total. The molecule has 33 heavy (non-hydrogen) atoms. The highest BCUT2D eigenvalue weighted by atomic mass is 35.5. The van der Waals surface area contributed by atoms with Gasteiger partial charge in [0.15, 0.2) is 11.9 Å². The van der Waals surface area contributed by atoms with E-state index in [0.29, 0.717) is 27.5 Å². The molecule has 0 unspecified atom stereocenters. The molecule has 2 atom stereocenters. The molecule has 0 saturated carbocycles. The van der Waals surface area contributed by atoms with Crippen molar-refractivity contribution in [3.63, 3.8) is 0 Å². The maximum Gasteiger partial charge on any atom is 0.320 e. The van der Waals surface area contributed by atoms with Crippen molar-refractivity contribution in [3.8, 4) is 5.75 Å². The Balaban J connectivity index is 2.01. The fourth-order valence-corrected chi connectivity index (χ4v) is 3.89. The first-order valence-electron chi connectivity index (χ1n) is 10.8. The zero-order valence-corrected chi connectivity index (χ0v) is 20.2. The molecule has 2 aromatic rings. The number of hydrogen-bond acceptors (Lipinski definition) is 6. The molecule has 0 fully saturated rings. The minimum atomic E-state index is -0.954. The molecule has 0 spiro atoms. The van der Waals surface area contributed by atoms with E-state index in [1.807, 2.05) is 13.8 Å². The summed E-state index contributed by atoms with van der Waals surface area (Å²) in [5.41, 5.74) is 0.435. The van der Waals surface area contributed by atoms with E-state index >= 15 is 0 Å². The lowest BCUT2D eigenvalue weighted by molar-refractivity contribution is -0.164. The number of fused-ring (bicyclic) bond motifs is 1. The summed E-state index contributed by atoms with van der Waals surface area (Å²) in [6.07, 6.45) is -0.850. The van der Waals surface area contributed by atoms with Gasteiger partial charge in [-0.25, -0.2) is 0 Å². The molecule has 7 nitrogen and oxygen atoms in total. The van der Waals surface area contributed by atoms with Gasteiger partial charge in [0, 0.05) is 27.8 Å². The third-order valence-electron chi connectivity index (χ3n) is 5.40. The van der Waals surface area contributed by atoms with Crippen molar-refractivity contribution in [1.82, 2.24) is 10.6 Å². The first kappa shape index (κ1) is 24.7. The number of Topliss-reactive ketones (excluding diaryl/α,β-unsaturated/α-hetero) is 1. The molecule has 1 heterocycles. The Hall–Kier alpha value is -2.90. The third-order valence-corrected chi connectivity index (χ3v) is 5.63. The summed E-state index contributed by atoms with van der Waals surface area (Å²) in [6.45, 7) is 8.91. The van der Waals surface area contributed by atoms with Gasteiger partial charge in [-0.1, -0.05) is 31.5 Å². The predicted octanol–water partition coefficient (Wildman–Crippen LogP) is 4.09. The van der Waals surface area contributed by atoms with E-state index in [-0.39, 0.29) is 24.3 Å². The number of esters is 1. The lowest BCUT2D eigenvalue weighted by atomic mass is 9.85. The van der Waals surface area contributed by atoms with Gasteiger partial charge < -0.3 is 20.1 Å². The largest absolute Gasteiger partial charge is 0.484 e. The first-order chi connectivity index (χ1) is 15.5. The highest BCUT2D eigenvalue weighted by Gasteiger charge is 2.47. The lowest BCUT2D eigenvalue weighted by Gasteiger charge is -2.44. The van der Waals surface area contributed by atoms with Gasteiger partial charge in [0.05, 0.1) is 12.6 Å². The van der Waals surface area contributed by atoms with Crippen LogP contribution in [0, 0.1) is 0 Å². The van der Waals surface area contributed by atoms with E-state index < -0.39 is 23.7 Å². The molecular weight excluding hydrogens is 444 g/mol. The topological polar surface area (TPSA) is 93.7 Å². The van der Waals surface area contributed by atoms with Gasteiger partial charge >= 0.3 is 5.97 Å². The number of rotatable bonds is 7. The summed E-state index contributed by atoms with van der Waals surface area (Å²) >= 11 is 6.06. The number of carbonyl (C=O) groups excluding carboxylic acids is 3. The van der Waals surface area contributed by atoms with E-state index in [0.717, 1.165) is 0 Å². The number of ketones is 1. The maximum absolute atomic E-state index is 13.1. The van der Waals surface area contributed by atoms with Crippen LogP contribution in [-0.4, -0.2) is 42.0 Å². The third kappa shape index (κ3) is 5.92. The van der Waals surface area contributed by atoms with Gasteiger partial charge in [-0.05, 0) is 57.2 Å². The average Bonchev–Trinajstić information content (AvgIpc) is 2.73. The zero-order chi connectivity index (χ0) is 24.3. The predicted molar refractivity (Wildman–Crippen MR) is 126 cm³/mol. The quantitative estimate of drug-likeness (QED) is 0.465. The van der Waals surface area contributed by atoms with Gasteiger partial charge in [0.25, 0.3) is 5.91 Å². The summed E-state index contributed by atoms with van der Waals surface area (Å²) in [5.74, 6) is -0.481. The highest BCUT2D eigenvalue weighted by Crippen LogP contribution is 2.42. The summed E-state index contributed by atoms with van der Waals surface area (Å²) < 4.78 is 12.0. The fourth-order valence-electron chi connectivity index (χ4n) is 3.70. The van der Waals surface area contributed by atoms with Gasteiger partial charge in [-0.2, -0.15) is 0 Å². The number of hydrogen-bond donors (Lipinski definition) is 2. The van der Waals surface area contributed by atoms with Gasteiger partial charge in [0.1, 0.15) is 11.4 Å². The molecular formula is C25H29ClN2O5. The van der Waals surface area contributed by atoms with Crippen molar-refractivity contribution in [3.05, 3.63) is 64.2 Å². The first-order valence-corrected chi connectivity index (χ1v) is 11.2. The molecule has 0 bridgehead atoms. The molecule has 176 valence electrons. The van der Waals surface area contributed by atoms with E-state index in [1.54, 1.807) is 56.3 Å². The minimum Gasteiger partial charge on any atom is -0.484 e. The van der Waals surface area contributed by atoms with Crippen LogP contribution in [0.1, 0.15) is 66.9 Å². The second kappa shape index (κ2) is 9.93. The van der Waals surface area contributed by atoms with Crippen molar-refractivity contribution in [2.75, 3.05) is 6.54 Å². The second-order valence-corrected chi connectivity index (χ2v) is 9.36. The Morgan fingerprint density at radius 3 is 2.48 bits per heavy atom. The van der Waals surface area contributed by atoms with Crippen LogP contribution in [0.3, 0.4) is 0 Å². The van der Waals surface area contributed by atoms with Crippen LogP contribution in [0.25, 0.3) is 0 Å². The van der Waals surface area contributed by atoms with Gasteiger partial charge in [-0.15, -0.1) is 0 Å².